The van der Waals surface area contributed by atoms with Crippen molar-refractivity contribution in [3.8, 4) is 0 Å². The Morgan fingerprint density at radius 2 is 0.947 bits per heavy atom. The number of benzene rings is 1. The van der Waals surface area contributed by atoms with Gasteiger partial charge in [0.05, 0.1) is 0 Å². The van der Waals surface area contributed by atoms with Gasteiger partial charge in [0.2, 0.25) is 0 Å². The molecule has 0 aromatic heterocycles. The first-order valence-corrected chi connectivity index (χ1v) is 8.47. The van der Waals surface area contributed by atoms with Crippen molar-refractivity contribution in [2.45, 2.75) is 87.0 Å². The van der Waals surface area contributed by atoms with Crippen molar-refractivity contribution in [2.75, 3.05) is 0 Å². The van der Waals surface area contributed by atoms with E-state index in [9.17, 15) is 0 Å². The van der Waals surface area contributed by atoms with Crippen molar-refractivity contribution in [3.05, 3.63) is 35.9 Å². The lowest BCUT2D eigenvalue weighted by Crippen LogP contribution is -1.73. The summed E-state index contributed by atoms with van der Waals surface area (Å²) in [5.74, 6) is 0. The lowest BCUT2D eigenvalue weighted by molar-refractivity contribution is 0.886. The second-order valence-electron chi connectivity index (χ2n) is 3.61. The van der Waals surface area contributed by atoms with E-state index in [-0.39, 0.29) is 0 Å². The third-order valence-corrected chi connectivity index (χ3v) is 2.50. The van der Waals surface area contributed by atoms with Gasteiger partial charge in [0, 0.05) is 0 Å². The minimum atomic E-state index is 1.14. The molecule has 1 fully saturated rings. The molecule has 0 nitrogen and oxygen atoms in total. The van der Waals surface area contributed by atoms with E-state index in [1.165, 1.54) is 37.7 Å². The molecular weight excluding hydrogens is 228 g/mol. The van der Waals surface area contributed by atoms with Crippen LogP contribution in [0.15, 0.2) is 30.3 Å². The molecule has 0 N–H and O–H groups in total. The van der Waals surface area contributed by atoms with Crippen LogP contribution in [0, 0.1) is 0 Å². The van der Waals surface area contributed by atoms with E-state index in [1.807, 2.05) is 47.6 Å². The normalized spacial score (nSPS) is 11.1. The number of hydrogen-bond donors (Lipinski definition) is 0. The predicted molar refractivity (Wildman–Crippen MR) is 92.9 cm³/mol. The highest BCUT2D eigenvalue weighted by atomic mass is 14.0. The number of hydrogen-bond acceptors (Lipinski definition) is 0. The van der Waals surface area contributed by atoms with Crippen molar-refractivity contribution in [1.82, 2.24) is 0 Å². The maximum Gasteiger partial charge on any atom is -0.0307 e. The smallest absolute Gasteiger partial charge is 0.0307 e. The van der Waals surface area contributed by atoms with Crippen LogP contribution in [-0.4, -0.2) is 0 Å². The van der Waals surface area contributed by atoms with Crippen LogP contribution in [0.3, 0.4) is 0 Å². The van der Waals surface area contributed by atoms with Crippen LogP contribution in [0.2, 0.25) is 0 Å². The maximum absolute atomic E-state index is 2.16. The van der Waals surface area contributed by atoms with E-state index >= 15 is 0 Å². The molecule has 0 radical (unpaired) electrons. The van der Waals surface area contributed by atoms with E-state index in [1.54, 1.807) is 0 Å². The molecule has 1 aromatic carbocycles. The van der Waals surface area contributed by atoms with Crippen molar-refractivity contribution in [2.24, 2.45) is 0 Å². The molecule has 0 heteroatoms. The van der Waals surface area contributed by atoms with Gasteiger partial charge in [-0.3, -0.25) is 0 Å². The standard InChI is InChI=1S/C8H10.C5H10.3C2H6/c1-2-8-6-4-3-5-7-8;1-2-4-5-3-1;3*1-2/h3-7H,2H2,1H3;1-5H2;3*1-2H3. The van der Waals surface area contributed by atoms with Crippen molar-refractivity contribution in [3.63, 3.8) is 0 Å². The Labute approximate surface area is 123 Å². The zero-order valence-corrected chi connectivity index (χ0v) is 14.6. The van der Waals surface area contributed by atoms with E-state index in [0.717, 1.165) is 6.42 Å². The van der Waals surface area contributed by atoms with Gasteiger partial charge in [-0.1, -0.05) is 111 Å². The average Bonchev–Trinajstić information content (AvgIpc) is 3.14. The summed E-state index contributed by atoms with van der Waals surface area (Å²) in [7, 11) is 0. The number of rotatable bonds is 1. The topological polar surface area (TPSA) is 0 Å². The van der Waals surface area contributed by atoms with Crippen LogP contribution in [0.25, 0.3) is 0 Å². The molecule has 0 heterocycles. The van der Waals surface area contributed by atoms with Gasteiger partial charge in [0.25, 0.3) is 0 Å². The Balaban J connectivity index is -0.000000202. The molecule has 0 spiro atoms. The first-order chi connectivity index (χ1) is 9.43. The highest BCUT2D eigenvalue weighted by molar-refractivity contribution is 5.13. The molecule has 114 valence electrons. The molecule has 0 unspecified atom stereocenters. The van der Waals surface area contributed by atoms with Crippen LogP contribution in [0.5, 0.6) is 0 Å². The third kappa shape index (κ3) is 19.7. The Kier molecular flexibility index (Phi) is 31.8. The van der Waals surface area contributed by atoms with Gasteiger partial charge >= 0.3 is 0 Å². The Morgan fingerprint density at radius 3 is 1.16 bits per heavy atom. The van der Waals surface area contributed by atoms with Gasteiger partial charge in [0.1, 0.15) is 0 Å². The van der Waals surface area contributed by atoms with Gasteiger partial charge in [-0.25, -0.2) is 0 Å². The minimum absolute atomic E-state index is 1.14. The summed E-state index contributed by atoms with van der Waals surface area (Å²) in [4.78, 5) is 0. The molecule has 1 aliphatic rings. The summed E-state index contributed by atoms with van der Waals surface area (Å²) in [5, 5.41) is 0. The second-order valence-corrected chi connectivity index (χ2v) is 3.61. The van der Waals surface area contributed by atoms with Crippen LogP contribution >= 0.6 is 0 Å². The van der Waals surface area contributed by atoms with Crippen molar-refractivity contribution < 1.29 is 0 Å². The Hall–Kier alpha value is -0.780. The fourth-order valence-corrected chi connectivity index (χ4v) is 1.60. The summed E-state index contributed by atoms with van der Waals surface area (Å²) in [5.41, 5.74) is 1.41. The van der Waals surface area contributed by atoms with Crippen LogP contribution in [0.4, 0.5) is 0 Å². The first-order valence-electron chi connectivity index (χ1n) is 8.47. The minimum Gasteiger partial charge on any atom is -0.0683 e. The van der Waals surface area contributed by atoms with E-state index in [4.69, 9.17) is 0 Å². The van der Waals surface area contributed by atoms with Crippen LogP contribution < -0.4 is 0 Å². The number of aryl methyl sites for hydroxylation is 1. The highest BCUT2D eigenvalue weighted by Gasteiger charge is 1.95. The van der Waals surface area contributed by atoms with Crippen LogP contribution in [0.1, 0.15) is 86.1 Å². The van der Waals surface area contributed by atoms with Gasteiger partial charge in [-0.05, 0) is 12.0 Å². The summed E-state index contributed by atoms with van der Waals surface area (Å²) >= 11 is 0. The second kappa shape index (κ2) is 25.9. The zero-order valence-electron chi connectivity index (χ0n) is 14.6. The maximum atomic E-state index is 2.16. The first kappa shape index (κ1) is 23.3. The average molecular weight is 267 g/mol. The molecule has 0 saturated heterocycles. The summed E-state index contributed by atoms with van der Waals surface area (Å²) in [6.45, 7) is 14.2. The molecule has 19 heavy (non-hydrogen) atoms. The Morgan fingerprint density at radius 1 is 0.632 bits per heavy atom. The summed E-state index contributed by atoms with van der Waals surface area (Å²) < 4.78 is 0. The monoisotopic (exact) mass is 266 g/mol. The fraction of sp³-hybridized carbons (Fsp3) is 0.684. The van der Waals surface area contributed by atoms with Gasteiger partial charge < -0.3 is 0 Å². The molecule has 1 saturated carbocycles. The van der Waals surface area contributed by atoms with Crippen molar-refractivity contribution >= 4 is 0 Å². The van der Waals surface area contributed by atoms with Crippen LogP contribution in [-0.2, 0) is 6.42 Å². The van der Waals surface area contributed by atoms with Gasteiger partial charge in [-0.2, -0.15) is 0 Å². The van der Waals surface area contributed by atoms with Gasteiger partial charge in [0.15, 0.2) is 0 Å². The van der Waals surface area contributed by atoms with Crippen molar-refractivity contribution in [1.29, 1.82) is 0 Å². The van der Waals surface area contributed by atoms with E-state index in [0.29, 0.717) is 0 Å². The lowest BCUT2D eigenvalue weighted by atomic mass is 10.2. The third-order valence-electron chi connectivity index (χ3n) is 2.50. The molecule has 1 aromatic rings. The SMILES string of the molecule is C1CCCC1.CC.CC.CC.CCc1ccccc1. The molecule has 0 aliphatic heterocycles. The lowest BCUT2D eigenvalue weighted by Gasteiger charge is -1.89. The summed E-state index contributed by atoms with van der Waals surface area (Å²) in [6.07, 6.45) is 8.64. The quantitative estimate of drug-likeness (QED) is 0.501. The largest absolute Gasteiger partial charge is 0.0683 e. The molecule has 0 atom stereocenters. The fourth-order valence-electron chi connectivity index (χ4n) is 1.60. The molecule has 0 amide bonds. The molecular formula is C19H38. The van der Waals surface area contributed by atoms with Gasteiger partial charge in [-0.15, -0.1) is 0 Å². The van der Waals surface area contributed by atoms with E-state index in [2.05, 4.69) is 31.2 Å². The highest BCUT2D eigenvalue weighted by Crippen LogP contribution is 2.15. The predicted octanol–water partition coefficient (Wildman–Crippen LogP) is 7.28. The summed E-state index contributed by atoms with van der Waals surface area (Å²) in [6, 6.07) is 10.5. The molecule has 2 rings (SSSR count). The zero-order chi connectivity index (χ0) is 15.4. The Bertz CT molecular complexity index is 189. The molecule has 0 bridgehead atoms. The molecule has 1 aliphatic carbocycles. The van der Waals surface area contributed by atoms with E-state index < -0.39 is 0 Å².